The SMILES string of the molecule is C1=CN2C(=NC1)C=CC1=CNCN=C12. The van der Waals surface area contributed by atoms with Crippen molar-refractivity contribution in [2.24, 2.45) is 9.98 Å². The topological polar surface area (TPSA) is 40.0 Å². The molecule has 0 atom stereocenters. The molecule has 0 aliphatic carbocycles. The summed E-state index contributed by atoms with van der Waals surface area (Å²) in [6.07, 6.45) is 10.1. The van der Waals surface area contributed by atoms with Gasteiger partial charge in [-0.25, -0.2) is 4.99 Å². The van der Waals surface area contributed by atoms with Crippen LogP contribution in [0.5, 0.6) is 0 Å². The predicted molar refractivity (Wildman–Crippen MR) is 55.9 cm³/mol. The zero-order chi connectivity index (χ0) is 9.38. The zero-order valence-electron chi connectivity index (χ0n) is 7.64. The van der Waals surface area contributed by atoms with Crippen LogP contribution in [0.4, 0.5) is 0 Å². The molecule has 4 heteroatoms. The summed E-state index contributed by atoms with van der Waals surface area (Å²) in [6.45, 7) is 1.41. The molecule has 0 amide bonds. The number of rotatable bonds is 0. The Labute approximate surface area is 82.0 Å². The van der Waals surface area contributed by atoms with Gasteiger partial charge >= 0.3 is 0 Å². The Morgan fingerprint density at radius 2 is 2.29 bits per heavy atom. The van der Waals surface area contributed by atoms with E-state index in [0.717, 1.165) is 23.8 Å². The molecule has 3 aliphatic heterocycles. The van der Waals surface area contributed by atoms with Crippen LogP contribution in [0.2, 0.25) is 0 Å². The quantitative estimate of drug-likeness (QED) is 0.602. The van der Waals surface area contributed by atoms with Gasteiger partial charge in [0.25, 0.3) is 0 Å². The molecule has 0 fully saturated rings. The van der Waals surface area contributed by atoms with Crippen molar-refractivity contribution in [3.63, 3.8) is 0 Å². The van der Waals surface area contributed by atoms with Crippen molar-refractivity contribution < 1.29 is 0 Å². The van der Waals surface area contributed by atoms with E-state index in [4.69, 9.17) is 0 Å². The highest BCUT2D eigenvalue weighted by atomic mass is 15.3. The van der Waals surface area contributed by atoms with Crippen LogP contribution in [0.25, 0.3) is 0 Å². The van der Waals surface area contributed by atoms with E-state index in [9.17, 15) is 0 Å². The van der Waals surface area contributed by atoms with Crippen LogP contribution in [0.15, 0.2) is 46.2 Å². The van der Waals surface area contributed by atoms with E-state index < -0.39 is 0 Å². The monoisotopic (exact) mass is 186 g/mol. The van der Waals surface area contributed by atoms with E-state index in [2.05, 4.69) is 15.3 Å². The highest BCUT2D eigenvalue weighted by molar-refractivity contribution is 6.18. The molecule has 3 aliphatic rings. The van der Waals surface area contributed by atoms with Crippen molar-refractivity contribution in [2.75, 3.05) is 13.2 Å². The van der Waals surface area contributed by atoms with Crippen LogP contribution in [-0.2, 0) is 0 Å². The Morgan fingerprint density at radius 1 is 1.29 bits per heavy atom. The van der Waals surface area contributed by atoms with Crippen LogP contribution >= 0.6 is 0 Å². The molecule has 3 heterocycles. The number of amidine groups is 2. The standard InChI is InChI=1S/C10H10N4/c1-4-12-9-3-2-8-6-11-7-13-10(8)14(9)5-1/h1-3,5-6,11H,4,7H2. The van der Waals surface area contributed by atoms with Crippen LogP contribution in [-0.4, -0.2) is 29.8 Å². The van der Waals surface area contributed by atoms with Crippen molar-refractivity contribution in [3.8, 4) is 0 Å². The smallest absolute Gasteiger partial charge is 0.144 e. The number of nitrogens with zero attached hydrogens (tertiary/aromatic N) is 3. The molecule has 70 valence electrons. The van der Waals surface area contributed by atoms with Gasteiger partial charge in [0, 0.05) is 18.0 Å². The molecule has 3 rings (SSSR count). The van der Waals surface area contributed by atoms with Crippen molar-refractivity contribution in [1.29, 1.82) is 0 Å². The molecule has 0 aromatic rings. The van der Waals surface area contributed by atoms with E-state index in [-0.39, 0.29) is 0 Å². The Balaban J connectivity index is 2.10. The lowest BCUT2D eigenvalue weighted by atomic mass is 10.1. The second-order valence-electron chi connectivity index (χ2n) is 3.23. The largest absolute Gasteiger partial charge is 0.372 e. The molecule has 0 bridgehead atoms. The lowest BCUT2D eigenvalue weighted by molar-refractivity contribution is 0.754. The van der Waals surface area contributed by atoms with E-state index in [1.165, 1.54) is 0 Å². The zero-order valence-corrected chi connectivity index (χ0v) is 7.64. The first kappa shape index (κ1) is 7.55. The third-order valence-electron chi connectivity index (χ3n) is 2.34. The van der Waals surface area contributed by atoms with Crippen LogP contribution < -0.4 is 5.32 Å². The Morgan fingerprint density at radius 3 is 3.29 bits per heavy atom. The van der Waals surface area contributed by atoms with E-state index in [1.54, 1.807) is 0 Å². The van der Waals surface area contributed by atoms with Crippen LogP contribution in [0.1, 0.15) is 0 Å². The molecule has 1 N–H and O–H groups in total. The molecule has 0 spiro atoms. The number of hydrogen-bond acceptors (Lipinski definition) is 4. The fourth-order valence-corrected chi connectivity index (χ4v) is 1.70. The number of nitrogens with one attached hydrogen (secondary N) is 1. The first-order chi connectivity index (χ1) is 6.95. The highest BCUT2D eigenvalue weighted by Crippen LogP contribution is 2.17. The molecular weight excluding hydrogens is 176 g/mol. The molecule has 0 saturated carbocycles. The molecule has 4 nitrogen and oxygen atoms in total. The summed E-state index contributed by atoms with van der Waals surface area (Å²) in [6, 6.07) is 0. The Kier molecular flexibility index (Phi) is 1.53. The van der Waals surface area contributed by atoms with Crippen LogP contribution in [0.3, 0.4) is 0 Å². The fraction of sp³-hybridized carbons (Fsp3) is 0.200. The van der Waals surface area contributed by atoms with Gasteiger partial charge in [0.2, 0.25) is 0 Å². The third-order valence-corrected chi connectivity index (χ3v) is 2.34. The van der Waals surface area contributed by atoms with Crippen molar-refractivity contribution in [1.82, 2.24) is 10.2 Å². The van der Waals surface area contributed by atoms with Crippen molar-refractivity contribution >= 4 is 11.7 Å². The van der Waals surface area contributed by atoms with Gasteiger partial charge in [0.05, 0.1) is 6.54 Å². The van der Waals surface area contributed by atoms with Gasteiger partial charge in [-0.2, -0.15) is 0 Å². The van der Waals surface area contributed by atoms with E-state index in [0.29, 0.717) is 6.67 Å². The van der Waals surface area contributed by atoms with Crippen molar-refractivity contribution in [2.45, 2.75) is 0 Å². The average Bonchev–Trinajstić information content (AvgIpc) is 2.29. The number of aliphatic imine (C=N–C) groups is 2. The van der Waals surface area contributed by atoms with Gasteiger partial charge in [0.15, 0.2) is 0 Å². The maximum absolute atomic E-state index is 4.42. The van der Waals surface area contributed by atoms with Gasteiger partial charge in [0.1, 0.15) is 18.3 Å². The summed E-state index contributed by atoms with van der Waals surface area (Å²) in [4.78, 5) is 10.8. The molecule has 0 aromatic carbocycles. The average molecular weight is 186 g/mol. The number of hydrogen-bond donors (Lipinski definition) is 1. The molecule has 0 radical (unpaired) electrons. The van der Waals surface area contributed by atoms with E-state index in [1.807, 2.05) is 35.5 Å². The van der Waals surface area contributed by atoms with Crippen molar-refractivity contribution in [3.05, 3.63) is 36.2 Å². The minimum absolute atomic E-state index is 0.643. The van der Waals surface area contributed by atoms with Gasteiger partial charge in [-0.05, 0) is 18.2 Å². The molecular formula is C10H10N4. The highest BCUT2D eigenvalue weighted by Gasteiger charge is 2.23. The predicted octanol–water partition coefficient (Wildman–Crippen LogP) is 0.627. The Hall–Kier alpha value is -1.84. The normalized spacial score (nSPS) is 22.9. The summed E-state index contributed by atoms with van der Waals surface area (Å²) < 4.78 is 0. The first-order valence-corrected chi connectivity index (χ1v) is 4.62. The molecule has 0 aromatic heterocycles. The van der Waals surface area contributed by atoms with Gasteiger partial charge in [-0.1, -0.05) is 0 Å². The lowest BCUT2D eigenvalue weighted by Crippen LogP contribution is -2.39. The summed E-state index contributed by atoms with van der Waals surface area (Å²) in [5.74, 6) is 1.96. The summed E-state index contributed by atoms with van der Waals surface area (Å²) in [5, 5.41) is 3.09. The first-order valence-electron chi connectivity index (χ1n) is 4.62. The minimum atomic E-state index is 0.643. The van der Waals surface area contributed by atoms with E-state index >= 15 is 0 Å². The lowest BCUT2D eigenvalue weighted by Gasteiger charge is -2.30. The second-order valence-corrected chi connectivity index (χ2v) is 3.23. The fourth-order valence-electron chi connectivity index (χ4n) is 1.70. The summed E-state index contributed by atoms with van der Waals surface area (Å²) in [7, 11) is 0. The second kappa shape index (κ2) is 2.83. The molecule has 14 heavy (non-hydrogen) atoms. The summed E-state index contributed by atoms with van der Waals surface area (Å²) in [5.41, 5.74) is 1.11. The minimum Gasteiger partial charge on any atom is -0.372 e. The van der Waals surface area contributed by atoms with Gasteiger partial charge < -0.3 is 5.32 Å². The molecule has 0 unspecified atom stereocenters. The summed E-state index contributed by atoms with van der Waals surface area (Å²) >= 11 is 0. The Bertz CT molecular complexity index is 412. The van der Waals surface area contributed by atoms with Gasteiger partial charge in [-0.15, -0.1) is 0 Å². The van der Waals surface area contributed by atoms with Gasteiger partial charge in [-0.3, -0.25) is 9.89 Å². The maximum atomic E-state index is 4.42. The van der Waals surface area contributed by atoms with Crippen LogP contribution in [0, 0.1) is 0 Å². The molecule has 0 saturated heterocycles. The maximum Gasteiger partial charge on any atom is 0.144 e. The third kappa shape index (κ3) is 1.00. The number of fused-ring (bicyclic) bond motifs is 3.